The number of hydrogen-bond acceptors (Lipinski definition) is 5. The zero-order valence-corrected chi connectivity index (χ0v) is 14.3. The van der Waals surface area contributed by atoms with Crippen LogP contribution in [0.2, 0.25) is 5.02 Å². The van der Waals surface area contributed by atoms with Gasteiger partial charge >= 0.3 is 0 Å². The van der Waals surface area contributed by atoms with Crippen LogP contribution in [0, 0.1) is 5.92 Å². The molecule has 0 aromatic carbocycles. The molecule has 2 heterocycles. The number of nitrogens with zero attached hydrogens (tertiary/aromatic N) is 2. The summed E-state index contributed by atoms with van der Waals surface area (Å²) in [6.45, 7) is 3.38. The molecule has 6 nitrogen and oxygen atoms in total. The highest BCUT2D eigenvalue weighted by atomic mass is 35.5. The number of hydroxylamine groups is 1. The molecule has 7 heteroatoms. The molecule has 1 aromatic heterocycles. The van der Waals surface area contributed by atoms with Crippen molar-refractivity contribution in [2.45, 2.75) is 31.7 Å². The second-order valence-corrected chi connectivity index (χ2v) is 7.00. The summed E-state index contributed by atoms with van der Waals surface area (Å²) in [5.41, 5.74) is 2.24. The van der Waals surface area contributed by atoms with E-state index in [9.17, 15) is 4.79 Å². The maximum atomic E-state index is 11.0. The Bertz CT molecular complexity index is 619. The molecule has 1 saturated heterocycles. The van der Waals surface area contributed by atoms with Crippen LogP contribution in [0.1, 0.15) is 31.2 Å². The van der Waals surface area contributed by atoms with Crippen LogP contribution in [-0.2, 0) is 4.79 Å². The third-order valence-electron chi connectivity index (χ3n) is 4.75. The summed E-state index contributed by atoms with van der Waals surface area (Å²) in [4.78, 5) is 17.9. The van der Waals surface area contributed by atoms with Gasteiger partial charge in [0.2, 0.25) is 0 Å². The fraction of sp³-hybridized carbons (Fsp3) is 0.529. The number of halogens is 1. The zero-order valence-electron chi connectivity index (χ0n) is 13.5. The lowest BCUT2D eigenvalue weighted by molar-refractivity contribution is -0.124. The molecular formula is C17H23ClN4O2. The predicted molar refractivity (Wildman–Crippen MR) is 94.0 cm³/mol. The number of hydrogen-bond donors (Lipinski definition) is 3. The molecule has 0 unspecified atom stereocenters. The molecule has 130 valence electrons. The largest absolute Gasteiger partial charge is 0.365 e. The lowest BCUT2D eigenvalue weighted by atomic mass is 9.85. The van der Waals surface area contributed by atoms with Crippen LogP contribution < -0.4 is 10.8 Å². The van der Waals surface area contributed by atoms with Gasteiger partial charge in [-0.05, 0) is 42.9 Å². The van der Waals surface area contributed by atoms with Crippen LogP contribution in [-0.4, -0.2) is 46.7 Å². The number of rotatable bonds is 6. The lowest BCUT2D eigenvalue weighted by Gasteiger charge is -2.30. The molecule has 1 aliphatic carbocycles. The Morgan fingerprint density at radius 2 is 2.29 bits per heavy atom. The maximum Gasteiger partial charge on any atom is 0.267 e. The molecule has 0 spiro atoms. The molecule has 2 aliphatic rings. The Kier molecular flexibility index (Phi) is 5.71. The first-order chi connectivity index (χ1) is 11.6. The fourth-order valence-electron chi connectivity index (χ4n) is 3.21. The van der Waals surface area contributed by atoms with E-state index in [4.69, 9.17) is 16.8 Å². The number of likely N-dealkylation sites (tertiary alicyclic amines) is 1. The van der Waals surface area contributed by atoms with E-state index < -0.39 is 5.91 Å². The van der Waals surface area contributed by atoms with Crippen LogP contribution in [0.4, 0.5) is 5.82 Å². The second kappa shape index (κ2) is 7.96. The number of pyridine rings is 1. The molecule has 2 fully saturated rings. The Morgan fingerprint density at radius 3 is 2.96 bits per heavy atom. The molecule has 1 amide bonds. The van der Waals surface area contributed by atoms with Crippen molar-refractivity contribution in [2.24, 2.45) is 5.92 Å². The Balaban J connectivity index is 1.53. The highest BCUT2D eigenvalue weighted by Gasteiger charge is 2.27. The fourth-order valence-corrected chi connectivity index (χ4v) is 3.44. The van der Waals surface area contributed by atoms with Gasteiger partial charge in [0.15, 0.2) is 0 Å². The molecular weight excluding hydrogens is 328 g/mol. The topological polar surface area (TPSA) is 77.5 Å². The summed E-state index contributed by atoms with van der Waals surface area (Å²) in [5, 5.41) is 12.4. The van der Waals surface area contributed by atoms with Crippen molar-refractivity contribution < 1.29 is 10.0 Å². The average molecular weight is 351 g/mol. The van der Waals surface area contributed by atoms with Gasteiger partial charge in [0.05, 0.1) is 5.02 Å². The average Bonchev–Trinajstić information content (AvgIpc) is 2.98. The SMILES string of the molecule is O=C(C=Cc1cnc(N[C@@H]2CCN(CC3CCC3)C2)c(Cl)c1)NO. The monoisotopic (exact) mass is 350 g/mol. The van der Waals surface area contributed by atoms with Gasteiger partial charge in [-0.15, -0.1) is 0 Å². The maximum absolute atomic E-state index is 11.0. The van der Waals surface area contributed by atoms with Gasteiger partial charge in [-0.2, -0.15) is 0 Å². The van der Waals surface area contributed by atoms with Crippen LogP contribution in [0.5, 0.6) is 0 Å². The number of aromatic nitrogens is 1. The predicted octanol–water partition coefficient (Wildman–Crippen LogP) is 2.54. The van der Waals surface area contributed by atoms with Crippen molar-refractivity contribution in [2.75, 3.05) is 25.0 Å². The molecule has 1 saturated carbocycles. The molecule has 1 aliphatic heterocycles. The summed E-state index contributed by atoms with van der Waals surface area (Å²) in [6, 6.07) is 2.12. The van der Waals surface area contributed by atoms with E-state index >= 15 is 0 Å². The van der Waals surface area contributed by atoms with Gasteiger partial charge < -0.3 is 10.2 Å². The number of carbonyl (C=O) groups excluding carboxylic acids is 1. The first-order valence-electron chi connectivity index (χ1n) is 8.40. The van der Waals surface area contributed by atoms with E-state index in [0.29, 0.717) is 22.4 Å². The van der Waals surface area contributed by atoms with E-state index in [1.165, 1.54) is 37.4 Å². The number of nitrogens with one attached hydrogen (secondary N) is 2. The standard InChI is InChI=1S/C17H23ClN4O2/c18-15-8-13(4-5-16(23)21-24)9-19-17(15)20-14-6-7-22(11-14)10-12-2-1-3-12/h4-5,8-9,12,14,24H,1-3,6-7,10-11H2,(H,19,20)(H,21,23)/t14-/m1/s1. The Hall–Kier alpha value is -1.63. The summed E-state index contributed by atoms with van der Waals surface area (Å²) in [7, 11) is 0. The van der Waals surface area contributed by atoms with Gasteiger partial charge in [0.25, 0.3) is 5.91 Å². The van der Waals surface area contributed by atoms with Crippen LogP contribution in [0.3, 0.4) is 0 Å². The minimum atomic E-state index is -0.592. The molecule has 24 heavy (non-hydrogen) atoms. The van der Waals surface area contributed by atoms with Gasteiger partial charge in [-0.25, -0.2) is 10.5 Å². The summed E-state index contributed by atoms with van der Waals surface area (Å²) >= 11 is 6.29. The van der Waals surface area contributed by atoms with E-state index in [1.54, 1.807) is 18.3 Å². The number of carbonyl (C=O) groups is 1. The lowest BCUT2D eigenvalue weighted by Crippen LogP contribution is -2.33. The summed E-state index contributed by atoms with van der Waals surface area (Å²) in [5.74, 6) is 0.981. The highest BCUT2D eigenvalue weighted by Crippen LogP contribution is 2.29. The second-order valence-electron chi connectivity index (χ2n) is 6.59. The van der Waals surface area contributed by atoms with Crippen molar-refractivity contribution in [1.82, 2.24) is 15.4 Å². The third kappa shape index (κ3) is 4.47. The molecule has 3 N–H and O–H groups in total. The third-order valence-corrected chi connectivity index (χ3v) is 5.04. The highest BCUT2D eigenvalue weighted by molar-refractivity contribution is 6.33. The quantitative estimate of drug-likeness (QED) is 0.417. The van der Waals surface area contributed by atoms with Crippen molar-refractivity contribution in [3.05, 3.63) is 28.9 Å². The Morgan fingerprint density at radius 1 is 1.46 bits per heavy atom. The van der Waals surface area contributed by atoms with E-state index in [1.807, 2.05) is 0 Å². The molecule has 1 atom stereocenters. The van der Waals surface area contributed by atoms with E-state index in [0.717, 1.165) is 25.4 Å². The smallest absolute Gasteiger partial charge is 0.267 e. The van der Waals surface area contributed by atoms with Crippen molar-refractivity contribution in [3.8, 4) is 0 Å². The van der Waals surface area contributed by atoms with Gasteiger partial charge in [-0.3, -0.25) is 10.0 Å². The molecule has 1 aromatic rings. The number of amides is 1. The first-order valence-corrected chi connectivity index (χ1v) is 8.78. The summed E-state index contributed by atoms with van der Waals surface area (Å²) in [6.07, 6.45) is 9.66. The Labute approximate surface area is 146 Å². The normalized spacial score (nSPS) is 21.8. The molecule has 3 rings (SSSR count). The van der Waals surface area contributed by atoms with Crippen LogP contribution in [0.25, 0.3) is 6.08 Å². The van der Waals surface area contributed by atoms with E-state index in [2.05, 4.69) is 15.2 Å². The van der Waals surface area contributed by atoms with E-state index in [-0.39, 0.29) is 0 Å². The number of anilines is 1. The van der Waals surface area contributed by atoms with Crippen molar-refractivity contribution in [3.63, 3.8) is 0 Å². The van der Waals surface area contributed by atoms with Gasteiger partial charge in [-0.1, -0.05) is 18.0 Å². The van der Waals surface area contributed by atoms with Crippen LogP contribution in [0.15, 0.2) is 18.3 Å². The molecule has 0 radical (unpaired) electrons. The summed E-state index contributed by atoms with van der Waals surface area (Å²) < 4.78 is 0. The van der Waals surface area contributed by atoms with Gasteiger partial charge in [0.1, 0.15) is 5.82 Å². The van der Waals surface area contributed by atoms with Crippen molar-refractivity contribution in [1.29, 1.82) is 0 Å². The molecule has 0 bridgehead atoms. The van der Waals surface area contributed by atoms with Crippen molar-refractivity contribution >= 4 is 29.4 Å². The minimum absolute atomic E-state index is 0.372. The first kappa shape index (κ1) is 17.2. The van der Waals surface area contributed by atoms with Gasteiger partial charge in [0, 0.05) is 37.9 Å². The minimum Gasteiger partial charge on any atom is -0.365 e. The zero-order chi connectivity index (χ0) is 16.9. The van der Waals surface area contributed by atoms with Crippen LogP contribution >= 0.6 is 11.6 Å².